The van der Waals surface area contributed by atoms with Gasteiger partial charge in [-0.2, -0.15) is 0 Å². The van der Waals surface area contributed by atoms with Crippen molar-refractivity contribution in [1.29, 1.82) is 0 Å². The van der Waals surface area contributed by atoms with Crippen molar-refractivity contribution >= 4 is 0 Å². The second kappa shape index (κ2) is 3.09. The summed E-state index contributed by atoms with van der Waals surface area (Å²) in [6.07, 6.45) is 0. The summed E-state index contributed by atoms with van der Waals surface area (Å²) in [5, 5.41) is 3.43. The standard InChI is InChI=1S/C13H19N/c1-9(2)11-6-5-10(3)12(7-11)13(4)8-14-13/h5-7,9,14H,8H2,1-4H3. The Morgan fingerprint density at radius 1 is 1.36 bits per heavy atom. The van der Waals surface area contributed by atoms with E-state index in [0.29, 0.717) is 5.92 Å². The topological polar surface area (TPSA) is 21.9 Å². The van der Waals surface area contributed by atoms with Crippen LogP contribution >= 0.6 is 0 Å². The Labute approximate surface area is 86.5 Å². The van der Waals surface area contributed by atoms with E-state index < -0.39 is 0 Å². The minimum atomic E-state index is 0.259. The fraction of sp³-hybridized carbons (Fsp3) is 0.538. The summed E-state index contributed by atoms with van der Waals surface area (Å²) in [6.45, 7) is 10.1. The molecule has 1 aromatic carbocycles. The Balaban J connectivity index is 2.43. The maximum absolute atomic E-state index is 3.43. The monoisotopic (exact) mass is 189 g/mol. The van der Waals surface area contributed by atoms with E-state index >= 15 is 0 Å². The lowest BCUT2D eigenvalue weighted by Gasteiger charge is -2.15. The number of hydrogen-bond acceptors (Lipinski definition) is 1. The summed E-state index contributed by atoms with van der Waals surface area (Å²) in [6, 6.07) is 6.85. The molecule has 76 valence electrons. The SMILES string of the molecule is Cc1ccc(C(C)C)cc1C1(C)CN1. The van der Waals surface area contributed by atoms with Crippen LogP contribution in [0.25, 0.3) is 0 Å². The van der Waals surface area contributed by atoms with Crippen molar-refractivity contribution in [3.63, 3.8) is 0 Å². The molecule has 1 unspecified atom stereocenters. The molecule has 0 bridgehead atoms. The Morgan fingerprint density at radius 2 is 2.00 bits per heavy atom. The van der Waals surface area contributed by atoms with Crippen LogP contribution in [0.2, 0.25) is 0 Å². The zero-order chi connectivity index (χ0) is 10.3. The molecule has 1 fully saturated rings. The van der Waals surface area contributed by atoms with Gasteiger partial charge in [0.15, 0.2) is 0 Å². The molecule has 1 heterocycles. The lowest BCUT2D eigenvalue weighted by atomic mass is 9.91. The van der Waals surface area contributed by atoms with E-state index in [0.717, 1.165) is 6.54 Å². The largest absolute Gasteiger partial charge is 0.304 e. The molecule has 0 radical (unpaired) electrons. The van der Waals surface area contributed by atoms with Gasteiger partial charge in [-0.25, -0.2) is 0 Å². The van der Waals surface area contributed by atoms with E-state index in [1.165, 1.54) is 16.7 Å². The highest BCUT2D eigenvalue weighted by molar-refractivity contribution is 5.40. The van der Waals surface area contributed by atoms with Crippen LogP contribution in [-0.2, 0) is 5.54 Å². The predicted octanol–water partition coefficient (Wildman–Crippen LogP) is 2.94. The molecule has 0 saturated carbocycles. The first-order valence-corrected chi connectivity index (χ1v) is 5.39. The van der Waals surface area contributed by atoms with E-state index in [2.05, 4.69) is 51.2 Å². The molecular weight excluding hydrogens is 170 g/mol. The molecule has 2 rings (SSSR count). The number of aryl methyl sites for hydroxylation is 1. The van der Waals surface area contributed by atoms with Crippen molar-refractivity contribution < 1.29 is 0 Å². The summed E-state index contributed by atoms with van der Waals surface area (Å²) in [7, 11) is 0. The molecule has 1 N–H and O–H groups in total. The van der Waals surface area contributed by atoms with Gasteiger partial charge in [-0.05, 0) is 36.5 Å². The van der Waals surface area contributed by atoms with Crippen LogP contribution in [0.5, 0.6) is 0 Å². The molecule has 1 aliphatic rings. The van der Waals surface area contributed by atoms with Gasteiger partial charge in [-0.3, -0.25) is 0 Å². The molecular formula is C13H19N. The van der Waals surface area contributed by atoms with Crippen LogP contribution in [0.4, 0.5) is 0 Å². The van der Waals surface area contributed by atoms with E-state index in [9.17, 15) is 0 Å². The third-order valence-electron chi connectivity index (χ3n) is 3.23. The second-order valence-electron chi connectivity index (χ2n) is 4.91. The van der Waals surface area contributed by atoms with E-state index in [1.807, 2.05) is 0 Å². The molecule has 1 atom stereocenters. The molecule has 0 aliphatic carbocycles. The summed E-state index contributed by atoms with van der Waals surface area (Å²) < 4.78 is 0. The minimum Gasteiger partial charge on any atom is -0.304 e. The van der Waals surface area contributed by atoms with Crippen LogP contribution in [0.3, 0.4) is 0 Å². The third-order valence-corrected chi connectivity index (χ3v) is 3.23. The molecule has 1 aliphatic heterocycles. The smallest absolute Gasteiger partial charge is 0.0536 e. The van der Waals surface area contributed by atoms with Gasteiger partial charge in [-0.15, -0.1) is 0 Å². The number of benzene rings is 1. The Bertz CT molecular complexity index is 348. The van der Waals surface area contributed by atoms with Crippen molar-refractivity contribution in [3.05, 3.63) is 34.9 Å². The Kier molecular flexibility index (Phi) is 2.15. The summed E-state index contributed by atoms with van der Waals surface area (Å²) in [5.41, 5.74) is 4.58. The van der Waals surface area contributed by atoms with Crippen LogP contribution in [-0.4, -0.2) is 6.54 Å². The van der Waals surface area contributed by atoms with E-state index in [-0.39, 0.29) is 5.54 Å². The van der Waals surface area contributed by atoms with Gasteiger partial charge in [0.05, 0.1) is 5.54 Å². The molecule has 0 amide bonds. The Hall–Kier alpha value is -0.820. The van der Waals surface area contributed by atoms with Crippen LogP contribution in [0, 0.1) is 6.92 Å². The molecule has 1 saturated heterocycles. The van der Waals surface area contributed by atoms with Crippen molar-refractivity contribution in [2.24, 2.45) is 0 Å². The van der Waals surface area contributed by atoms with Crippen molar-refractivity contribution in [1.82, 2.24) is 5.32 Å². The number of rotatable bonds is 2. The normalized spacial score (nSPS) is 25.5. The van der Waals surface area contributed by atoms with Gasteiger partial charge < -0.3 is 5.32 Å². The van der Waals surface area contributed by atoms with Crippen molar-refractivity contribution in [2.75, 3.05) is 6.54 Å². The van der Waals surface area contributed by atoms with Gasteiger partial charge in [0, 0.05) is 6.54 Å². The first kappa shape index (κ1) is 9.72. The van der Waals surface area contributed by atoms with Crippen LogP contribution in [0.1, 0.15) is 43.4 Å². The van der Waals surface area contributed by atoms with Crippen LogP contribution in [0.15, 0.2) is 18.2 Å². The van der Waals surface area contributed by atoms with Gasteiger partial charge in [0.25, 0.3) is 0 Å². The fourth-order valence-electron chi connectivity index (χ4n) is 1.92. The third kappa shape index (κ3) is 1.57. The summed E-state index contributed by atoms with van der Waals surface area (Å²) in [5.74, 6) is 0.622. The highest BCUT2D eigenvalue weighted by atomic mass is 15.1. The first-order chi connectivity index (χ1) is 6.53. The average Bonchev–Trinajstić information content (AvgIpc) is 2.85. The maximum Gasteiger partial charge on any atom is 0.0536 e. The average molecular weight is 189 g/mol. The first-order valence-electron chi connectivity index (χ1n) is 5.39. The Morgan fingerprint density at radius 3 is 2.50 bits per heavy atom. The highest BCUT2D eigenvalue weighted by Gasteiger charge is 2.39. The van der Waals surface area contributed by atoms with Crippen LogP contribution < -0.4 is 5.32 Å². The van der Waals surface area contributed by atoms with E-state index in [4.69, 9.17) is 0 Å². The zero-order valence-corrected chi connectivity index (χ0v) is 9.52. The molecule has 1 heteroatoms. The molecule has 1 aromatic rings. The molecule has 1 nitrogen and oxygen atoms in total. The van der Waals surface area contributed by atoms with E-state index in [1.54, 1.807) is 0 Å². The highest BCUT2D eigenvalue weighted by Crippen LogP contribution is 2.33. The van der Waals surface area contributed by atoms with Gasteiger partial charge in [-0.1, -0.05) is 32.0 Å². The number of nitrogens with one attached hydrogen (secondary N) is 1. The number of hydrogen-bond donors (Lipinski definition) is 1. The van der Waals surface area contributed by atoms with Crippen molar-refractivity contribution in [3.8, 4) is 0 Å². The summed E-state index contributed by atoms with van der Waals surface area (Å²) in [4.78, 5) is 0. The zero-order valence-electron chi connectivity index (χ0n) is 9.52. The molecule has 0 spiro atoms. The lowest BCUT2D eigenvalue weighted by molar-refractivity contribution is 0.748. The quantitative estimate of drug-likeness (QED) is 0.710. The predicted molar refractivity (Wildman–Crippen MR) is 60.6 cm³/mol. The molecule has 0 aromatic heterocycles. The lowest BCUT2D eigenvalue weighted by Crippen LogP contribution is -2.09. The maximum atomic E-state index is 3.43. The molecule has 14 heavy (non-hydrogen) atoms. The van der Waals surface area contributed by atoms with Gasteiger partial charge >= 0.3 is 0 Å². The van der Waals surface area contributed by atoms with Gasteiger partial charge in [0.1, 0.15) is 0 Å². The minimum absolute atomic E-state index is 0.259. The summed E-state index contributed by atoms with van der Waals surface area (Å²) >= 11 is 0. The van der Waals surface area contributed by atoms with Gasteiger partial charge in [0.2, 0.25) is 0 Å². The van der Waals surface area contributed by atoms with Crippen molar-refractivity contribution in [2.45, 2.75) is 39.2 Å². The second-order valence-corrected chi connectivity index (χ2v) is 4.91. The fourth-order valence-corrected chi connectivity index (χ4v) is 1.92.